The van der Waals surface area contributed by atoms with E-state index in [4.69, 9.17) is 9.14 Å². The van der Waals surface area contributed by atoms with E-state index in [-0.39, 0.29) is 0 Å². The molecule has 0 spiro atoms. The highest BCUT2D eigenvalue weighted by Crippen LogP contribution is 2.06. The molecule has 1 atom stereocenters. The molecule has 0 aromatic carbocycles. The van der Waals surface area contributed by atoms with Crippen LogP contribution >= 0.6 is 9.12 Å². The topological polar surface area (TPSA) is 44.2 Å². The lowest BCUT2D eigenvalue weighted by molar-refractivity contribution is 0.475. The molecule has 4 nitrogen and oxygen atoms in total. The van der Waals surface area contributed by atoms with Gasteiger partial charge in [0.2, 0.25) is 11.9 Å². The molecule has 1 unspecified atom stereocenters. The average molecular weight is 401 g/mol. The molecule has 11 heteroatoms. The van der Waals surface area contributed by atoms with Gasteiger partial charge < -0.3 is 9.14 Å². The Balaban J connectivity index is 2.16. The van der Waals surface area contributed by atoms with Gasteiger partial charge in [0.05, 0.1) is 0 Å². The van der Waals surface area contributed by atoms with Crippen LogP contribution in [0.3, 0.4) is 0 Å². The van der Waals surface area contributed by atoms with Crippen molar-refractivity contribution in [3.63, 3.8) is 0 Å². The highest BCUT2D eigenvalue weighted by atomic mass is 31.0. The van der Waals surface area contributed by atoms with Crippen molar-refractivity contribution in [2.45, 2.75) is 6.92 Å². The van der Waals surface area contributed by atoms with Gasteiger partial charge in [0.25, 0.3) is 0 Å². The van der Waals surface area contributed by atoms with E-state index in [1.807, 2.05) is 0 Å². The lowest BCUT2D eigenvalue weighted by atomic mass is 9.71. The molecule has 0 aliphatic heterocycles. The number of hydrogen-bond donors (Lipinski definition) is 0. The maximum Gasteiger partial charge on any atom is 0.465 e. The van der Waals surface area contributed by atoms with E-state index < -0.39 is 31.5 Å². The first-order valence-electron chi connectivity index (χ1n) is 8.20. The van der Waals surface area contributed by atoms with Gasteiger partial charge in [-0.25, -0.2) is 14.4 Å². The third-order valence-corrected chi connectivity index (χ3v) is 4.03. The number of rotatable bonds is 9. The summed E-state index contributed by atoms with van der Waals surface area (Å²) in [6, 6.07) is 5.38. The van der Waals surface area contributed by atoms with Crippen molar-refractivity contribution in [1.82, 2.24) is 9.97 Å². The van der Waals surface area contributed by atoms with E-state index in [1.54, 1.807) is 13.0 Å². The Morgan fingerprint density at radius 2 is 1.71 bits per heavy atom. The van der Waals surface area contributed by atoms with E-state index in [9.17, 15) is 13.2 Å². The van der Waals surface area contributed by atoms with Gasteiger partial charge in [-0.3, -0.25) is 0 Å². The zero-order valence-electron chi connectivity index (χ0n) is 15.1. The van der Waals surface area contributed by atoms with Gasteiger partial charge in [0, 0.05) is 12.4 Å². The molecule has 0 fully saturated rings. The third-order valence-electron chi connectivity index (χ3n) is 3.49. The number of pyridine rings is 2. The molecule has 28 heavy (non-hydrogen) atoms. The average Bonchev–Trinajstić information content (AvgIpc) is 2.68. The summed E-state index contributed by atoms with van der Waals surface area (Å²) in [5.41, 5.74) is 1.61. The molecule has 2 rings (SSSR count). The molecular weight excluding hydrogens is 385 g/mol. The van der Waals surface area contributed by atoms with E-state index in [0.717, 1.165) is 0 Å². The fourth-order valence-electron chi connectivity index (χ4n) is 2.01. The normalized spacial score (nSPS) is 11.5. The Labute approximate surface area is 165 Å². The summed E-state index contributed by atoms with van der Waals surface area (Å²) in [5, 5.41) is 0. The summed E-state index contributed by atoms with van der Waals surface area (Å²) in [7, 11) is 2.86. The monoisotopic (exact) mass is 401 g/mol. The molecule has 0 amide bonds. The summed E-state index contributed by atoms with van der Waals surface area (Å²) in [6.07, 6.45) is 6.98. The first kappa shape index (κ1) is 22.1. The minimum absolute atomic E-state index is 0.453. The molecular formula is C17H16B3F3N2O2P. The zero-order chi connectivity index (χ0) is 20.5. The molecule has 0 aliphatic carbocycles. The lowest BCUT2D eigenvalue weighted by Crippen LogP contribution is -2.45. The molecule has 141 valence electrons. The van der Waals surface area contributed by atoms with Gasteiger partial charge >= 0.3 is 21.2 Å². The minimum atomic E-state index is -0.961. The minimum Gasteiger partial charge on any atom is -0.471 e. The fourth-order valence-corrected chi connectivity index (χ4v) is 2.35. The second-order valence-corrected chi connectivity index (χ2v) is 6.15. The number of hydrogen-bond acceptors (Lipinski definition) is 4. The smallest absolute Gasteiger partial charge is 0.465 e. The van der Waals surface area contributed by atoms with Gasteiger partial charge in [-0.05, 0) is 36.1 Å². The second-order valence-electron chi connectivity index (χ2n) is 5.54. The van der Waals surface area contributed by atoms with Gasteiger partial charge in [-0.2, -0.15) is 8.78 Å². The molecule has 1 radical (unpaired) electrons. The predicted octanol–water partition coefficient (Wildman–Crippen LogP) is 2.32. The van der Waals surface area contributed by atoms with Crippen molar-refractivity contribution in [1.29, 1.82) is 0 Å². The lowest BCUT2D eigenvalue weighted by Gasteiger charge is -2.18. The quantitative estimate of drug-likeness (QED) is 0.280. The van der Waals surface area contributed by atoms with Gasteiger partial charge in [0.15, 0.2) is 0 Å². The molecule has 0 N–H and O–H groups in total. The van der Waals surface area contributed by atoms with Crippen LogP contribution in [-0.4, -0.2) is 31.2 Å². The molecule has 0 aliphatic rings. The van der Waals surface area contributed by atoms with Crippen LogP contribution in [0.15, 0.2) is 72.8 Å². The summed E-state index contributed by atoms with van der Waals surface area (Å²) in [5.74, 6) is -1.85. The van der Waals surface area contributed by atoms with E-state index >= 15 is 0 Å². The van der Waals surface area contributed by atoms with Crippen LogP contribution < -0.4 is 10.9 Å². The number of aromatic nitrogens is 2. The molecule has 0 saturated heterocycles. The van der Waals surface area contributed by atoms with Crippen LogP contribution in [0.25, 0.3) is 0 Å². The summed E-state index contributed by atoms with van der Waals surface area (Å²) in [6.45, 7) is 4.31. The van der Waals surface area contributed by atoms with Crippen molar-refractivity contribution in [2.75, 3.05) is 0 Å². The SMILES string of the molecule is C=C(F)/C=C\C([B]OB(OB(P)c1ccc(F)nc1)c1ccc(F)nc1)=C/C. The zero-order valence-corrected chi connectivity index (χ0v) is 16.2. The van der Waals surface area contributed by atoms with Crippen molar-refractivity contribution in [3.8, 4) is 0 Å². The van der Waals surface area contributed by atoms with E-state index in [1.165, 1.54) is 56.3 Å². The number of nitrogens with zero attached hydrogens (tertiary/aromatic N) is 2. The van der Waals surface area contributed by atoms with Crippen LogP contribution in [0.2, 0.25) is 0 Å². The van der Waals surface area contributed by atoms with Crippen LogP contribution in [-0.2, 0) is 9.14 Å². The number of allylic oxidation sites excluding steroid dienone is 5. The van der Waals surface area contributed by atoms with Gasteiger partial charge in [-0.15, -0.1) is 9.12 Å². The molecule has 0 saturated carbocycles. The Bertz CT molecular complexity index is 852. The highest BCUT2D eigenvalue weighted by Gasteiger charge is 2.27. The Morgan fingerprint density at radius 3 is 2.21 bits per heavy atom. The summed E-state index contributed by atoms with van der Waals surface area (Å²) < 4.78 is 50.5. The first-order chi connectivity index (χ1) is 13.4. The van der Waals surface area contributed by atoms with Crippen molar-refractivity contribution in [2.24, 2.45) is 0 Å². The molecule has 2 aromatic heterocycles. The number of halogens is 3. The van der Waals surface area contributed by atoms with Crippen molar-refractivity contribution < 1.29 is 22.3 Å². The van der Waals surface area contributed by atoms with Crippen LogP contribution in [0.1, 0.15) is 6.92 Å². The third kappa shape index (κ3) is 7.11. The van der Waals surface area contributed by atoms with Gasteiger partial charge in [0.1, 0.15) is 5.83 Å². The standard InChI is InChI=1S/C17H16B3F3N2O2P/c1-3-13(5-4-12(2)21)18-26-19(14-6-8-16(22)24-10-14)27-20(28)15-7-9-17(23)25-11-15/h3-11H,2,28H2,1H3/b5-4-,13-3+. The summed E-state index contributed by atoms with van der Waals surface area (Å²) >= 11 is 0. The van der Waals surface area contributed by atoms with Crippen LogP contribution in [0.5, 0.6) is 0 Å². The Hall–Kier alpha value is -2.15. The highest BCUT2D eigenvalue weighted by molar-refractivity contribution is 7.63. The van der Waals surface area contributed by atoms with Crippen molar-refractivity contribution in [3.05, 3.63) is 84.7 Å². The molecule has 2 aromatic rings. The molecule has 0 bridgehead atoms. The largest absolute Gasteiger partial charge is 0.471 e. The van der Waals surface area contributed by atoms with Crippen LogP contribution in [0, 0.1) is 11.9 Å². The molecule has 2 heterocycles. The van der Waals surface area contributed by atoms with Crippen LogP contribution in [0.4, 0.5) is 13.2 Å². The fraction of sp³-hybridized carbons (Fsp3) is 0.0588. The summed E-state index contributed by atoms with van der Waals surface area (Å²) in [4.78, 5) is 7.19. The first-order valence-corrected chi connectivity index (χ1v) is 8.87. The Kier molecular flexibility index (Phi) is 8.70. The predicted molar refractivity (Wildman–Crippen MR) is 110 cm³/mol. The van der Waals surface area contributed by atoms with E-state index in [2.05, 4.69) is 25.7 Å². The van der Waals surface area contributed by atoms with E-state index in [0.29, 0.717) is 16.4 Å². The van der Waals surface area contributed by atoms with Crippen molar-refractivity contribution >= 4 is 41.3 Å². The van der Waals surface area contributed by atoms with Gasteiger partial charge in [-0.1, -0.05) is 36.3 Å². The Morgan fingerprint density at radius 1 is 1.11 bits per heavy atom. The second kappa shape index (κ2) is 11.0. The maximum absolute atomic E-state index is 13.1. The maximum atomic E-state index is 13.1.